The van der Waals surface area contributed by atoms with Crippen molar-refractivity contribution in [2.45, 2.75) is 18.9 Å². The van der Waals surface area contributed by atoms with Crippen LogP contribution in [0.1, 0.15) is 12.8 Å². The zero-order valence-corrected chi connectivity index (χ0v) is 9.11. The molecule has 0 spiro atoms. The zero-order chi connectivity index (χ0) is 9.56. The standard InChI is InChI=1S/C7H13FN2O2.2ClH/c8-5(3-1-2-4-9)6(10)7(11)12;;/h3,6H,1-2,4,9-10H2,(H,11,12);2*1H/b5-3+;;. The number of rotatable bonds is 5. The minimum absolute atomic E-state index is 0. The molecule has 1 atom stereocenters. The Morgan fingerprint density at radius 3 is 2.36 bits per heavy atom. The lowest BCUT2D eigenvalue weighted by Crippen LogP contribution is -2.30. The quantitative estimate of drug-likeness (QED) is 0.629. The number of carboxylic acids is 1. The third-order valence-corrected chi connectivity index (χ3v) is 1.31. The van der Waals surface area contributed by atoms with Gasteiger partial charge in [-0.25, -0.2) is 4.39 Å². The van der Waals surface area contributed by atoms with Crippen LogP contribution in [-0.4, -0.2) is 23.7 Å². The van der Waals surface area contributed by atoms with E-state index in [4.69, 9.17) is 16.6 Å². The molecule has 0 fully saturated rings. The van der Waals surface area contributed by atoms with Crippen LogP contribution in [0.25, 0.3) is 0 Å². The van der Waals surface area contributed by atoms with E-state index in [0.717, 1.165) is 6.08 Å². The van der Waals surface area contributed by atoms with E-state index < -0.39 is 17.8 Å². The van der Waals surface area contributed by atoms with E-state index in [1.54, 1.807) is 0 Å². The number of carbonyl (C=O) groups is 1. The Kier molecular flexibility index (Phi) is 14.7. The lowest BCUT2D eigenvalue weighted by molar-refractivity contribution is -0.137. The summed E-state index contributed by atoms with van der Waals surface area (Å²) in [6, 6.07) is -1.54. The van der Waals surface area contributed by atoms with Gasteiger partial charge in [-0.15, -0.1) is 24.8 Å². The molecule has 0 radical (unpaired) electrons. The van der Waals surface area contributed by atoms with Crippen LogP contribution in [0.3, 0.4) is 0 Å². The van der Waals surface area contributed by atoms with Gasteiger partial charge in [0.15, 0.2) is 6.04 Å². The molecule has 14 heavy (non-hydrogen) atoms. The molecule has 0 aromatic carbocycles. The molecule has 0 saturated carbocycles. The molecule has 7 heteroatoms. The minimum Gasteiger partial charge on any atom is -0.480 e. The molecule has 0 heterocycles. The molecular weight excluding hydrogens is 234 g/mol. The third-order valence-electron chi connectivity index (χ3n) is 1.31. The van der Waals surface area contributed by atoms with Crippen molar-refractivity contribution in [3.8, 4) is 0 Å². The highest BCUT2D eigenvalue weighted by molar-refractivity contribution is 5.85. The third kappa shape index (κ3) is 8.25. The van der Waals surface area contributed by atoms with Crippen LogP contribution in [0, 0.1) is 0 Å². The maximum atomic E-state index is 12.7. The van der Waals surface area contributed by atoms with Gasteiger partial charge in [0, 0.05) is 0 Å². The van der Waals surface area contributed by atoms with E-state index in [-0.39, 0.29) is 24.8 Å². The molecule has 0 aliphatic rings. The summed E-state index contributed by atoms with van der Waals surface area (Å²) in [6.07, 6.45) is 2.20. The Morgan fingerprint density at radius 1 is 1.50 bits per heavy atom. The second kappa shape index (κ2) is 10.7. The molecule has 0 aliphatic heterocycles. The van der Waals surface area contributed by atoms with Crippen LogP contribution in [0.15, 0.2) is 11.9 Å². The van der Waals surface area contributed by atoms with Gasteiger partial charge in [0.05, 0.1) is 0 Å². The first-order valence-electron chi connectivity index (χ1n) is 3.63. The van der Waals surface area contributed by atoms with Crippen LogP contribution in [0.2, 0.25) is 0 Å². The number of carboxylic acid groups (broad SMARTS) is 1. The second-order valence-corrected chi connectivity index (χ2v) is 2.34. The molecule has 0 amide bonds. The first-order chi connectivity index (χ1) is 5.59. The highest BCUT2D eigenvalue weighted by Crippen LogP contribution is 2.04. The van der Waals surface area contributed by atoms with Crippen LogP contribution in [0.5, 0.6) is 0 Å². The number of halogens is 3. The normalized spacial score (nSPS) is 12.4. The predicted octanol–water partition coefficient (Wildman–Crippen LogP) is 0.834. The highest BCUT2D eigenvalue weighted by Gasteiger charge is 2.16. The number of unbranched alkanes of at least 4 members (excludes halogenated alkanes) is 1. The molecule has 86 valence electrons. The van der Waals surface area contributed by atoms with Crippen LogP contribution < -0.4 is 11.5 Å². The van der Waals surface area contributed by atoms with Crippen molar-refractivity contribution in [3.63, 3.8) is 0 Å². The predicted molar refractivity (Wildman–Crippen MR) is 57.6 cm³/mol. The summed E-state index contributed by atoms with van der Waals surface area (Å²) in [4.78, 5) is 10.1. The van der Waals surface area contributed by atoms with Gasteiger partial charge in [-0.05, 0) is 19.4 Å². The number of nitrogens with two attached hydrogens (primary N) is 2. The van der Waals surface area contributed by atoms with Gasteiger partial charge in [0.25, 0.3) is 0 Å². The summed E-state index contributed by atoms with van der Waals surface area (Å²) in [6.45, 7) is 0.450. The van der Waals surface area contributed by atoms with Gasteiger partial charge < -0.3 is 16.6 Å². The molecule has 4 nitrogen and oxygen atoms in total. The Hall–Kier alpha value is -0.360. The summed E-state index contributed by atoms with van der Waals surface area (Å²) in [7, 11) is 0. The number of hydrogen-bond acceptors (Lipinski definition) is 3. The van der Waals surface area contributed by atoms with E-state index >= 15 is 0 Å². The van der Waals surface area contributed by atoms with Crippen LogP contribution >= 0.6 is 24.8 Å². The van der Waals surface area contributed by atoms with Gasteiger partial charge in [-0.3, -0.25) is 4.79 Å². The molecule has 0 aromatic rings. The van der Waals surface area contributed by atoms with Crippen molar-refractivity contribution in [2.24, 2.45) is 11.5 Å². The fourth-order valence-electron chi connectivity index (χ4n) is 0.603. The topological polar surface area (TPSA) is 89.3 Å². The van der Waals surface area contributed by atoms with E-state index in [9.17, 15) is 9.18 Å². The van der Waals surface area contributed by atoms with Gasteiger partial charge >= 0.3 is 5.97 Å². The van der Waals surface area contributed by atoms with E-state index in [1.165, 1.54) is 0 Å². The monoisotopic (exact) mass is 248 g/mol. The zero-order valence-electron chi connectivity index (χ0n) is 7.48. The van der Waals surface area contributed by atoms with Crippen LogP contribution in [-0.2, 0) is 4.79 Å². The average Bonchev–Trinajstić information content (AvgIpc) is 2.03. The molecule has 0 saturated heterocycles. The van der Waals surface area contributed by atoms with Gasteiger partial charge in [0.1, 0.15) is 5.83 Å². The molecule has 0 bridgehead atoms. The van der Waals surface area contributed by atoms with Crippen LogP contribution in [0.4, 0.5) is 4.39 Å². The molecule has 0 rings (SSSR count). The number of aliphatic carboxylic acids is 1. The average molecular weight is 249 g/mol. The van der Waals surface area contributed by atoms with Crippen molar-refractivity contribution < 1.29 is 14.3 Å². The van der Waals surface area contributed by atoms with Crippen molar-refractivity contribution >= 4 is 30.8 Å². The largest absolute Gasteiger partial charge is 0.480 e. The minimum atomic E-state index is -1.54. The van der Waals surface area contributed by atoms with Gasteiger partial charge in [-0.1, -0.05) is 6.08 Å². The van der Waals surface area contributed by atoms with E-state index in [1.807, 2.05) is 0 Å². The fourth-order valence-corrected chi connectivity index (χ4v) is 0.603. The summed E-state index contributed by atoms with van der Waals surface area (Å²) < 4.78 is 12.7. The van der Waals surface area contributed by atoms with E-state index in [0.29, 0.717) is 19.4 Å². The van der Waals surface area contributed by atoms with Crippen molar-refractivity contribution in [2.75, 3.05) is 6.54 Å². The van der Waals surface area contributed by atoms with Crippen molar-refractivity contribution in [1.82, 2.24) is 0 Å². The Labute approximate surface area is 94.3 Å². The Bertz CT molecular complexity index is 191. The first-order valence-corrected chi connectivity index (χ1v) is 3.63. The Morgan fingerprint density at radius 2 is 2.00 bits per heavy atom. The first kappa shape index (κ1) is 19.2. The molecule has 5 N–H and O–H groups in total. The van der Waals surface area contributed by atoms with Gasteiger partial charge in [-0.2, -0.15) is 0 Å². The lowest BCUT2D eigenvalue weighted by Gasteiger charge is -2.01. The SMILES string of the molecule is Cl.Cl.NCCC/C=C(/F)C(N)C(=O)O. The molecule has 0 aliphatic carbocycles. The second-order valence-electron chi connectivity index (χ2n) is 2.34. The highest BCUT2D eigenvalue weighted by atomic mass is 35.5. The maximum absolute atomic E-state index is 12.7. The van der Waals surface area contributed by atoms with Crippen molar-refractivity contribution in [1.29, 1.82) is 0 Å². The summed E-state index contributed by atoms with van der Waals surface area (Å²) >= 11 is 0. The Balaban J connectivity index is -0.000000605. The summed E-state index contributed by atoms with van der Waals surface area (Å²) in [5.41, 5.74) is 10.1. The molecular formula is C7H15Cl2FN2O2. The number of hydrogen-bond donors (Lipinski definition) is 3. The molecule has 0 aromatic heterocycles. The van der Waals surface area contributed by atoms with E-state index in [2.05, 4.69) is 0 Å². The fraction of sp³-hybridized carbons (Fsp3) is 0.571. The smallest absolute Gasteiger partial charge is 0.327 e. The lowest BCUT2D eigenvalue weighted by atomic mass is 10.2. The molecule has 1 unspecified atom stereocenters. The van der Waals surface area contributed by atoms with Gasteiger partial charge in [0.2, 0.25) is 0 Å². The summed E-state index contributed by atoms with van der Waals surface area (Å²) in [5.74, 6) is -2.17. The van der Waals surface area contributed by atoms with Crippen molar-refractivity contribution in [3.05, 3.63) is 11.9 Å². The maximum Gasteiger partial charge on any atom is 0.327 e. The number of allylic oxidation sites excluding steroid dienone is 1. The summed E-state index contributed by atoms with van der Waals surface area (Å²) in [5, 5.41) is 8.28.